The van der Waals surface area contributed by atoms with Crippen molar-refractivity contribution < 1.29 is 4.92 Å². The van der Waals surface area contributed by atoms with Crippen LogP contribution in [0.2, 0.25) is 0 Å². The van der Waals surface area contributed by atoms with Gasteiger partial charge in [-0.3, -0.25) is 4.98 Å². The molecule has 2 heterocycles. The first-order valence-electron chi connectivity index (χ1n) is 5.40. The van der Waals surface area contributed by atoms with Crippen LogP contribution in [-0.2, 0) is 0 Å². The Morgan fingerprint density at radius 1 is 1.32 bits per heavy atom. The Kier molecular flexibility index (Phi) is 2.75. The highest BCUT2D eigenvalue weighted by Gasteiger charge is 2.21. The van der Waals surface area contributed by atoms with E-state index < -0.39 is 4.92 Å². The number of benzene rings is 1. The molecule has 0 unspecified atom stereocenters. The predicted octanol–water partition coefficient (Wildman–Crippen LogP) is 3.30. The van der Waals surface area contributed by atoms with Gasteiger partial charge in [-0.1, -0.05) is 23.2 Å². The molecule has 0 atom stereocenters. The van der Waals surface area contributed by atoms with Gasteiger partial charge in [-0.25, -0.2) is 4.98 Å². The SMILES string of the molecule is O=[N+]([O-])c1nc(-c2cccc3cnccc23)c(Br)[nH]1. The smallest absolute Gasteiger partial charge is 0.390 e. The minimum Gasteiger partial charge on any atom is -0.390 e. The Morgan fingerprint density at radius 2 is 2.16 bits per heavy atom. The normalized spacial score (nSPS) is 10.8. The molecule has 0 aliphatic heterocycles. The third-order valence-corrected chi connectivity index (χ3v) is 3.33. The number of hydrogen-bond donors (Lipinski definition) is 1. The number of rotatable bonds is 2. The van der Waals surface area contributed by atoms with E-state index in [1.54, 1.807) is 12.4 Å². The molecule has 0 spiro atoms. The number of halogens is 1. The van der Waals surface area contributed by atoms with Gasteiger partial charge in [-0.2, -0.15) is 0 Å². The maximum absolute atomic E-state index is 10.7. The van der Waals surface area contributed by atoms with Crippen molar-refractivity contribution in [1.29, 1.82) is 0 Å². The number of imidazole rings is 1. The van der Waals surface area contributed by atoms with Crippen LogP contribution in [0.5, 0.6) is 0 Å². The molecule has 0 aliphatic carbocycles. The van der Waals surface area contributed by atoms with Crippen molar-refractivity contribution in [1.82, 2.24) is 15.0 Å². The summed E-state index contributed by atoms with van der Waals surface area (Å²) in [5.74, 6) is -0.284. The Balaban J connectivity index is 2.27. The molecule has 0 radical (unpaired) electrons. The van der Waals surface area contributed by atoms with Gasteiger partial charge in [0, 0.05) is 23.3 Å². The molecule has 19 heavy (non-hydrogen) atoms. The highest BCUT2D eigenvalue weighted by molar-refractivity contribution is 9.10. The van der Waals surface area contributed by atoms with Crippen LogP contribution < -0.4 is 0 Å². The fourth-order valence-corrected chi connectivity index (χ4v) is 2.41. The third kappa shape index (κ3) is 1.97. The molecule has 2 aromatic heterocycles. The summed E-state index contributed by atoms with van der Waals surface area (Å²) >= 11 is 3.27. The largest absolute Gasteiger partial charge is 0.433 e. The minimum absolute atomic E-state index is 0.284. The number of H-pyrrole nitrogens is 1. The van der Waals surface area contributed by atoms with Gasteiger partial charge < -0.3 is 10.1 Å². The second kappa shape index (κ2) is 4.43. The topological polar surface area (TPSA) is 84.7 Å². The summed E-state index contributed by atoms with van der Waals surface area (Å²) in [5.41, 5.74) is 1.33. The van der Waals surface area contributed by atoms with Crippen molar-refractivity contribution in [2.75, 3.05) is 0 Å². The molecular formula is C12H7BrN4O2. The zero-order valence-electron chi connectivity index (χ0n) is 9.50. The zero-order chi connectivity index (χ0) is 13.4. The van der Waals surface area contributed by atoms with Crippen LogP contribution in [0.15, 0.2) is 41.3 Å². The Hall–Kier alpha value is -2.28. The lowest BCUT2D eigenvalue weighted by atomic mass is 10.0. The van der Waals surface area contributed by atoms with E-state index in [1.165, 1.54) is 0 Å². The first-order chi connectivity index (χ1) is 9.16. The molecule has 3 aromatic rings. The summed E-state index contributed by atoms with van der Waals surface area (Å²) in [6.45, 7) is 0. The second-order valence-electron chi connectivity index (χ2n) is 3.88. The summed E-state index contributed by atoms with van der Waals surface area (Å²) in [5, 5.41) is 12.6. The van der Waals surface area contributed by atoms with Crippen LogP contribution >= 0.6 is 15.9 Å². The van der Waals surface area contributed by atoms with Crippen LogP contribution in [0.4, 0.5) is 5.95 Å². The summed E-state index contributed by atoms with van der Waals surface area (Å²) in [4.78, 5) is 20.8. The van der Waals surface area contributed by atoms with E-state index in [4.69, 9.17) is 0 Å². The number of nitrogens with one attached hydrogen (secondary N) is 1. The van der Waals surface area contributed by atoms with Crippen LogP contribution in [0.3, 0.4) is 0 Å². The van der Waals surface area contributed by atoms with Gasteiger partial charge in [0.15, 0.2) is 10.3 Å². The van der Waals surface area contributed by atoms with E-state index >= 15 is 0 Å². The number of fused-ring (bicyclic) bond motifs is 1. The lowest BCUT2D eigenvalue weighted by Crippen LogP contribution is -1.89. The Labute approximate surface area is 115 Å². The van der Waals surface area contributed by atoms with Crippen molar-refractivity contribution in [3.63, 3.8) is 0 Å². The van der Waals surface area contributed by atoms with E-state index in [0.29, 0.717) is 10.3 Å². The fraction of sp³-hybridized carbons (Fsp3) is 0. The van der Waals surface area contributed by atoms with E-state index in [1.807, 2.05) is 24.3 Å². The number of hydrogen-bond acceptors (Lipinski definition) is 4. The summed E-state index contributed by atoms with van der Waals surface area (Å²) in [6.07, 6.45) is 3.43. The maximum atomic E-state index is 10.7. The van der Waals surface area contributed by atoms with Crippen molar-refractivity contribution in [3.05, 3.63) is 51.4 Å². The minimum atomic E-state index is -0.555. The van der Waals surface area contributed by atoms with Gasteiger partial charge in [0.25, 0.3) is 0 Å². The molecule has 1 aromatic carbocycles. The van der Waals surface area contributed by atoms with E-state index in [2.05, 4.69) is 30.9 Å². The van der Waals surface area contributed by atoms with Crippen LogP contribution in [0.25, 0.3) is 22.0 Å². The molecule has 0 amide bonds. The maximum Gasteiger partial charge on any atom is 0.433 e. The molecule has 0 saturated carbocycles. The average Bonchev–Trinajstić information content (AvgIpc) is 2.80. The highest BCUT2D eigenvalue weighted by atomic mass is 79.9. The standard InChI is InChI=1S/C12H7BrN4O2/c13-11-10(15-12(16-11)17(18)19)9-3-1-2-7-6-14-5-4-8(7)9/h1-6H,(H,15,16). The Bertz CT molecular complexity index is 779. The van der Waals surface area contributed by atoms with Crippen LogP contribution in [0.1, 0.15) is 0 Å². The van der Waals surface area contributed by atoms with Crippen LogP contribution in [-0.4, -0.2) is 19.9 Å². The first kappa shape index (κ1) is 11.8. The molecule has 1 N–H and O–H groups in total. The lowest BCUT2D eigenvalue weighted by Gasteiger charge is -2.01. The van der Waals surface area contributed by atoms with Gasteiger partial charge >= 0.3 is 5.95 Å². The quantitative estimate of drug-likeness (QED) is 0.580. The van der Waals surface area contributed by atoms with E-state index in [0.717, 1.165) is 16.3 Å². The molecule has 94 valence electrons. The number of aromatic amines is 1. The second-order valence-corrected chi connectivity index (χ2v) is 4.68. The summed E-state index contributed by atoms with van der Waals surface area (Å²) < 4.78 is 0.489. The van der Waals surface area contributed by atoms with E-state index in [9.17, 15) is 10.1 Å². The first-order valence-corrected chi connectivity index (χ1v) is 6.19. The molecule has 3 rings (SSSR count). The number of aromatic nitrogens is 3. The molecule has 0 aliphatic rings. The summed E-state index contributed by atoms with van der Waals surface area (Å²) in [7, 11) is 0. The molecule has 6 nitrogen and oxygen atoms in total. The van der Waals surface area contributed by atoms with Gasteiger partial charge in [0.2, 0.25) is 0 Å². The van der Waals surface area contributed by atoms with Gasteiger partial charge in [-0.05, 0) is 32.3 Å². The van der Waals surface area contributed by atoms with Crippen molar-refractivity contribution >= 4 is 32.7 Å². The van der Waals surface area contributed by atoms with Crippen LogP contribution in [0, 0.1) is 10.1 Å². The molecule has 7 heteroatoms. The van der Waals surface area contributed by atoms with Gasteiger partial charge in [-0.15, -0.1) is 0 Å². The number of nitrogens with zero attached hydrogens (tertiary/aromatic N) is 3. The highest BCUT2D eigenvalue weighted by Crippen LogP contribution is 2.33. The zero-order valence-corrected chi connectivity index (χ0v) is 11.1. The fourth-order valence-electron chi connectivity index (χ4n) is 1.93. The molecule has 0 bridgehead atoms. The van der Waals surface area contributed by atoms with Gasteiger partial charge in [0.05, 0.1) is 0 Å². The van der Waals surface area contributed by atoms with Crippen molar-refractivity contribution in [2.24, 2.45) is 0 Å². The lowest BCUT2D eigenvalue weighted by molar-refractivity contribution is -0.393. The van der Waals surface area contributed by atoms with Crippen molar-refractivity contribution in [3.8, 4) is 11.3 Å². The molecular weight excluding hydrogens is 312 g/mol. The molecule has 0 fully saturated rings. The summed E-state index contributed by atoms with van der Waals surface area (Å²) in [6, 6.07) is 7.53. The van der Waals surface area contributed by atoms with Crippen molar-refractivity contribution in [2.45, 2.75) is 0 Å². The Morgan fingerprint density at radius 3 is 2.89 bits per heavy atom. The monoisotopic (exact) mass is 318 g/mol. The molecule has 0 saturated heterocycles. The third-order valence-electron chi connectivity index (χ3n) is 2.76. The van der Waals surface area contributed by atoms with Gasteiger partial charge in [0.1, 0.15) is 0 Å². The number of pyridine rings is 1. The predicted molar refractivity (Wildman–Crippen MR) is 73.7 cm³/mol. The average molecular weight is 319 g/mol. The number of nitro groups is 1. The van der Waals surface area contributed by atoms with E-state index in [-0.39, 0.29) is 5.95 Å².